The Balaban J connectivity index is 2.29. The van der Waals surface area contributed by atoms with Gasteiger partial charge in [0.1, 0.15) is 0 Å². The Morgan fingerprint density at radius 3 is 2.86 bits per heavy atom. The van der Waals surface area contributed by atoms with Crippen molar-refractivity contribution in [2.24, 2.45) is 0 Å². The van der Waals surface area contributed by atoms with Gasteiger partial charge in [-0.05, 0) is 6.92 Å². The zero-order valence-electron chi connectivity index (χ0n) is 8.70. The molecule has 1 N–H and O–H groups in total. The number of hydrogen-bond acceptors (Lipinski definition) is 4. The quantitative estimate of drug-likeness (QED) is 0.798. The van der Waals surface area contributed by atoms with Crippen molar-refractivity contribution >= 4 is 17.2 Å². The van der Waals surface area contributed by atoms with Crippen LogP contribution in [0.4, 0.5) is 0 Å². The number of thiazole rings is 1. The van der Waals surface area contributed by atoms with Gasteiger partial charge < -0.3 is 10.2 Å². The first-order valence-corrected chi connectivity index (χ1v) is 5.29. The van der Waals surface area contributed by atoms with Gasteiger partial charge in [-0.25, -0.2) is 4.98 Å². The lowest BCUT2D eigenvalue weighted by atomic mass is 10.4. The smallest absolute Gasteiger partial charge is 0.236 e. The van der Waals surface area contributed by atoms with Crippen LogP contribution in [0.15, 0.2) is 5.51 Å². The van der Waals surface area contributed by atoms with Crippen molar-refractivity contribution in [3.63, 3.8) is 0 Å². The molecule has 0 aliphatic heterocycles. The second kappa shape index (κ2) is 5.07. The van der Waals surface area contributed by atoms with E-state index in [1.807, 2.05) is 12.4 Å². The van der Waals surface area contributed by atoms with E-state index in [4.69, 9.17) is 0 Å². The Kier molecular flexibility index (Phi) is 4.03. The lowest BCUT2D eigenvalue weighted by Gasteiger charge is -2.10. The Bertz CT molecular complexity index is 309. The van der Waals surface area contributed by atoms with E-state index in [1.54, 1.807) is 30.3 Å². The van der Waals surface area contributed by atoms with Gasteiger partial charge in [0.25, 0.3) is 0 Å². The van der Waals surface area contributed by atoms with Crippen molar-refractivity contribution in [2.45, 2.75) is 13.5 Å². The van der Waals surface area contributed by atoms with Crippen LogP contribution >= 0.6 is 11.3 Å². The van der Waals surface area contributed by atoms with Crippen LogP contribution in [0.3, 0.4) is 0 Å². The zero-order valence-corrected chi connectivity index (χ0v) is 9.52. The van der Waals surface area contributed by atoms with Crippen LogP contribution < -0.4 is 5.32 Å². The van der Waals surface area contributed by atoms with E-state index in [2.05, 4.69) is 10.3 Å². The number of nitrogens with one attached hydrogen (secondary N) is 1. The molecule has 14 heavy (non-hydrogen) atoms. The van der Waals surface area contributed by atoms with Crippen molar-refractivity contribution in [3.05, 3.63) is 16.1 Å². The van der Waals surface area contributed by atoms with Crippen molar-refractivity contribution in [2.75, 3.05) is 20.6 Å². The molecule has 0 saturated heterocycles. The molecule has 0 aliphatic carbocycles. The molecule has 0 unspecified atom stereocenters. The summed E-state index contributed by atoms with van der Waals surface area (Å²) in [7, 11) is 3.50. The minimum atomic E-state index is 0.0900. The number of aryl methyl sites for hydroxylation is 1. The van der Waals surface area contributed by atoms with E-state index < -0.39 is 0 Å². The van der Waals surface area contributed by atoms with Gasteiger partial charge in [0, 0.05) is 25.5 Å². The molecule has 0 atom stereocenters. The minimum Gasteiger partial charge on any atom is -0.348 e. The topological polar surface area (TPSA) is 45.2 Å². The number of rotatable bonds is 4. The highest BCUT2D eigenvalue weighted by Crippen LogP contribution is 2.10. The molecule has 0 saturated carbocycles. The molecule has 0 aromatic carbocycles. The number of aromatic nitrogens is 1. The van der Waals surface area contributed by atoms with Crippen LogP contribution in [0.25, 0.3) is 0 Å². The summed E-state index contributed by atoms with van der Waals surface area (Å²) in [6.45, 7) is 3.07. The second-order valence-electron chi connectivity index (χ2n) is 3.25. The van der Waals surface area contributed by atoms with E-state index >= 15 is 0 Å². The minimum absolute atomic E-state index is 0.0900. The molecular weight excluding hydrogens is 198 g/mol. The molecule has 4 nitrogen and oxygen atoms in total. The van der Waals surface area contributed by atoms with Crippen LogP contribution in [0.5, 0.6) is 0 Å². The van der Waals surface area contributed by atoms with Crippen LogP contribution in [0.2, 0.25) is 0 Å². The predicted molar refractivity (Wildman–Crippen MR) is 57.3 cm³/mol. The summed E-state index contributed by atoms with van der Waals surface area (Å²) in [5.74, 6) is 0.0900. The first-order chi connectivity index (χ1) is 6.61. The molecule has 0 fully saturated rings. The van der Waals surface area contributed by atoms with E-state index in [-0.39, 0.29) is 5.91 Å². The third-order valence-corrected chi connectivity index (χ3v) is 2.84. The molecule has 0 aliphatic rings. The molecule has 0 radical (unpaired) electrons. The first-order valence-electron chi connectivity index (χ1n) is 4.41. The van der Waals surface area contributed by atoms with Crippen molar-refractivity contribution in [1.82, 2.24) is 15.2 Å². The number of hydrogen-bond donors (Lipinski definition) is 1. The average molecular weight is 213 g/mol. The lowest BCUT2D eigenvalue weighted by Crippen LogP contribution is -2.32. The summed E-state index contributed by atoms with van der Waals surface area (Å²) in [6, 6.07) is 0. The van der Waals surface area contributed by atoms with Gasteiger partial charge in [0.05, 0.1) is 17.7 Å². The van der Waals surface area contributed by atoms with Gasteiger partial charge >= 0.3 is 0 Å². The molecule has 1 aromatic rings. The van der Waals surface area contributed by atoms with E-state index in [0.29, 0.717) is 6.54 Å². The molecule has 0 spiro atoms. The third kappa shape index (κ3) is 3.08. The van der Waals surface area contributed by atoms with E-state index in [1.165, 1.54) is 4.88 Å². The molecule has 78 valence electrons. The Morgan fingerprint density at radius 2 is 2.36 bits per heavy atom. The van der Waals surface area contributed by atoms with Crippen LogP contribution in [-0.2, 0) is 11.3 Å². The van der Waals surface area contributed by atoms with Gasteiger partial charge in [-0.2, -0.15) is 0 Å². The van der Waals surface area contributed by atoms with Crippen LogP contribution in [0, 0.1) is 6.92 Å². The standard InChI is InChI=1S/C9H15N3OS/c1-7-8(14-6-11-7)4-10-5-9(13)12(2)3/h6,10H,4-5H2,1-3H3. The fourth-order valence-corrected chi connectivity index (χ4v) is 1.68. The molecule has 1 rings (SSSR count). The highest BCUT2D eigenvalue weighted by Gasteiger charge is 2.04. The predicted octanol–water partition coefficient (Wildman–Crippen LogP) is 0.629. The third-order valence-electron chi connectivity index (χ3n) is 1.91. The highest BCUT2D eigenvalue weighted by molar-refractivity contribution is 7.09. The fraction of sp³-hybridized carbons (Fsp3) is 0.556. The normalized spacial score (nSPS) is 10.2. The molecule has 1 amide bonds. The maximum atomic E-state index is 11.2. The fourth-order valence-electron chi connectivity index (χ4n) is 0.937. The Morgan fingerprint density at radius 1 is 1.64 bits per heavy atom. The summed E-state index contributed by atoms with van der Waals surface area (Å²) < 4.78 is 0. The molecular formula is C9H15N3OS. The number of amides is 1. The molecule has 0 bridgehead atoms. The second-order valence-corrected chi connectivity index (χ2v) is 4.19. The van der Waals surface area contributed by atoms with Crippen molar-refractivity contribution in [3.8, 4) is 0 Å². The summed E-state index contributed by atoms with van der Waals surface area (Å²) in [6.07, 6.45) is 0. The first kappa shape index (κ1) is 11.1. The van der Waals surface area contributed by atoms with E-state index in [9.17, 15) is 4.79 Å². The summed E-state index contributed by atoms with van der Waals surface area (Å²) in [4.78, 5) is 18.1. The van der Waals surface area contributed by atoms with Crippen LogP contribution in [0.1, 0.15) is 10.6 Å². The SMILES string of the molecule is Cc1ncsc1CNCC(=O)N(C)C. The zero-order chi connectivity index (χ0) is 10.6. The molecule has 5 heteroatoms. The molecule has 1 heterocycles. The average Bonchev–Trinajstić information content (AvgIpc) is 2.51. The monoisotopic (exact) mass is 213 g/mol. The van der Waals surface area contributed by atoms with Gasteiger partial charge in [-0.1, -0.05) is 0 Å². The Hall–Kier alpha value is -0.940. The van der Waals surface area contributed by atoms with Crippen LogP contribution in [-0.4, -0.2) is 36.4 Å². The summed E-state index contributed by atoms with van der Waals surface area (Å²) in [5.41, 5.74) is 2.86. The van der Waals surface area contributed by atoms with E-state index in [0.717, 1.165) is 12.2 Å². The van der Waals surface area contributed by atoms with Gasteiger partial charge in [0.2, 0.25) is 5.91 Å². The number of likely N-dealkylation sites (N-methyl/N-ethyl adjacent to an activating group) is 1. The van der Waals surface area contributed by atoms with Crippen molar-refractivity contribution < 1.29 is 4.79 Å². The summed E-state index contributed by atoms with van der Waals surface area (Å²) in [5, 5.41) is 3.09. The van der Waals surface area contributed by atoms with Gasteiger partial charge in [-0.15, -0.1) is 11.3 Å². The van der Waals surface area contributed by atoms with Crippen molar-refractivity contribution in [1.29, 1.82) is 0 Å². The largest absolute Gasteiger partial charge is 0.348 e. The van der Waals surface area contributed by atoms with Gasteiger partial charge in [-0.3, -0.25) is 4.79 Å². The Labute approximate surface area is 88.0 Å². The summed E-state index contributed by atoms with van der Waals surface area (Å²) >= 11 is 1.61. The highest BCUT2D eigenvalue weighted by atomic mass is 32.1. The maximum absolute atomic E-state index is 11.2. The lowest BCUT2D eigenvalue weighted by molar-refractivity contribution is -0.127. The molecule has 1 aromatic heterocycles. The van der Waals surface area contributed by atoms with Gasteiger partial charge in [0.15, 0.2) is 0 Å². The number of nitrogens with zero attached hydrogens (tertiary/aromatic N) is 2. The number of carbonyl (C=O) groups excluding carboxylic acids is 1. The number of carbonyl (C=O) groups is 1. The maximum Gasteiger partial charge on any atom is 0.236 e.